The molecule has 14 heavy (non-hydrogen) atoms. The van der Waals surface area contributed by atoms with Gasteiger partial charge in [0.2, 0.25) is 0 Å². The van der Waals surface area contributed by atoms with Crippen LogP contribution in [-0.2, 0) is 0 Å². The van der Waals surface area contributed by atoms with Gasteiger partial charge in [-0.2, -0.15) is 0 Å². The lowest BCUT2D eigenvalue weighted by Crippen LogP contribution is -2.32. The number of halogens is 1. The standard InChI is InChI=1S/C10H15ClN2S/c11-10-8(5-6-14-10)9(13-12)7-3-1-2-4-7/h5-7,9,13H,1-4,12H2. The van der Waals surface area contributed by atoms with E-state index in [4.69, 9.17) is 17.4 Å². The number of nitrogens with one attached hydrogen (secondary N) is 1. The molecule has 1 fully saturated rings. The molecule has 1 aliphatic carbocycles. The minimum atomic E-state index is 0.247. The Balaban J connectivity index is 2.16. The fourth-order valence-corrected chi connectivity index (χ4v) is 3.30. The molecule has 1 aliphatic rings. The molecule has 1 unspecified atom stereocenters. The Labute approximate surface area is 93.4 Å². The van der Waals surface area contributed by atoms with Gasteiger partial charge in [-0.25, -0.2) is 0 Å². The van der Waals surface area contributed by atoms with Crippen LogP contribution in [0.2, 0.25) is 4.34 Å². The molecule has 1 heterocycles. The summed E-state index contributed by atoms with van der Waals surface area (Å²) in [7, 11) is 0. The summed E-state index contributed by atoms with van der Waals surface area (Å²) in [6, 6.07) is 2.33. The molecule has 0 bridgehead atoms. The summed E-state index contributed by atoms with van der Waals surface area (Å²) in [4.78, 5) is 0. The van der Waals surface area contributed by atoms with Gasteiger partial charge in [0.1, 0.15) is 0 Å². The van der Waals surface area contributed by atoms with E-state index in [1.54, 1.807) is 11.3 Å². The molecule has 1 aromatic rings. The Morgan fingerprint density at radius 1 is 1.50 bits per heavy atom. The van der Waals surface area contributed by atoms with Crippen molar-refractivity contribution in [2.75, 3.05) is 0 Å². The van der Waals surface area contributed by atoms with Crippen LogP contribution in [0.4, 0.5) is 0 Å². The van der Waals surface area contributed by atoms with E-state index in [0.29, 0.717) is 5.92 Å². The van der Waals surface area contributed by atoms with Crippen LogP contribution < -0.4 is 11.3 Å². The maximum absolute atomic E-state index is 6.11. The second kappa shape index (κ2) is 4.62. The average molecular weight is 231 g/mol. The molecule has 1 atom stereocenters. The van der Waals surface area contributed by atoms with Gasteiger partial charge in [-0.3, -0.25) is 11.3 Å². The number of hydrogen-bond acceptors (Lipinski definition) is 3. The van der Waals surface area contributed by atoms with Crippen molar-refractivity contribution in [3.8, 4) is 0 Å². The van der Waals surface area contributed by atoms with Crippen LogP contribution >= 0.6 is 22.9 Å². The van der Waals surface area contributed by atoms with Crippen LogP contribution in [0.1, 0.15) is 37.3 Å². The SMILES string of the molecule is NNC(c1ccsc1Cl)C1CCCC1. The summed E-state index contributed by atoms with van der Waals surface area (Å²) in [5, 5.41) is 2.02. The van der Waals surface area contributed by atoms with Crippen LogP contribution in [-0.4, -0.2) is 0 Å². The number of hydrazine groups is 1. The fraction of sp³-hybridized carbons (Fsp3) is 0.600. The smallest absolute Gasteiger partial charge is 0.0976 e. The summed E-state index contributed by atoms with van der Waals surface area (Å²) in [6.45, 7) is 0. The van der Waals surface area contributed by atoms with E-state index < -0.39 is 0 Å². The van der Waals surface area contributed by atoms with Crippen LogP contribution in [0, 0.1) is 5.92 Å². The highest BCUT2D eigenvalue weighted by Gasteiger charge is 2.27. The third-order valence-corrected chi connectivity index (χ3v) is 4.23. The quantitative estimate of drug-likeness (QED) is 0.619. The molecule has 1 saturated carbocycles. The molecule has 3 N–H and O–H groups in total. The molecular weight excluding hydrogens is 216 g/mol. The number of thiophene rings is 1. The maximum Gasteiger partial charge on any atom is 0.0976 e. The van der Waals surface area contributed by atoms with Gasteiger partial charge in [-0.15, -0.1) is 11.3 Å². The molecule has 0 amide bonds. The van der Waals surface area contributed by atoms with Crippen molar-refractivity contribution >= 4 is 22.9 Å². The Bertz CT molecular complexity index is 294. The van der Waals surface area contributed by atoms with E-state index in [0.717, 1.165) is 4.34 Å². The van der Waals surface area contributed by atoms with Crippen molar-refractivity contribution in [1.29, 1.82) is 0 Å². The lowest BCUT2D eigenvalue weighted by molar-refractivity contribution is 0.374. The molecule has 2 rings (SSSR count). The van der Waals surface area contributed by atoms with Crippen molar-refractivity contribution in [2.45, 2.75) is 31.7 Å². The molecule has 0 aromatic carbocycles. The highest BCUT2D eigenvalue weighted by molar-refractivity contribution is 7.14. The Morgan fingerprint density at radius 3 is 2.71 bits per heavy atom. The third kappa shape index (κ3) is 1.96. The molecule has 0 spiro atoms. The van der Waals surface area contributed by atoms with E-state index in [1.165, 1.54) is 31.2 Å². The second-order valence-electron chi connectivity index (χ2n) is 3.84. The normalized spacial score (nSPS) is 20.1. The molecule has 2 nitrogen and oxygen atoms in total. The predicted molar refractivity (Wildman–Crippen MR) is 61.4 cm³/mol. The van der Waals surface area contributed by atoms with Gasteiger partial charge >= 0.3 is 0 Å². The summed E-state index contributed by atoms with van der Waals surface area (Å²) in [6.07, 6.45) is 5.18. The van der Waals surface area contributed by atoms with E-state index in [9.17, 15) is 0 Å². The van der Waals surface area contributed by atoms with Crippen molar-refractivity contribution in [3.63, 3.8) is 0 Å². The third-order valence-electron chi connectivity index (χ3n) is 3.03. The zero-order valence-electron chi connectivity index (χ0n) is 8.00. The van der Waals surface area contributed by atoms with E-state index >= 15 is 0 Å². The summed E-state index contributed by atoms with van der Waals surface area (Å²) < 4.78 is 0.875. The van der Waals surface area contributed by atoms with E-state index in [1.807, 2.05) is 5.38 Å². The van der Waals surface area contributed by atoms with Gasteiger partial charge < -0.3 is 0 Å². The van der Waals surface area contributed by atoms with Gasteiger partial charge in [0.25, 0.3) is 0 Å². The zero-order chi connectivity index (χ0) is 9.97. The van der Waals surface area contributed by atoms with Crippen LogP contribution in [0.15, 0.2) is 11.4 Å². The Kier molecular flexibility index (Phi) is 3.44. The predicted octanol–water partition coefficient (Wildman–Crippen LogP) is 3.10. The lowest BCUT2D eigenvalue weighted by Gasteiger charge is -2.22. The summed E-state index contributed by atoms with van der Waals surface area (Å²) in [5.41, 5.74) is 4.08. The van der Waals surface area contributed by atoms with Crippen LogP contribution in [0.3, 0.4) is 0 Å². The average Bonchev–Trinajstić information content (AvgIpc) is 2.80. The Hall–Kier alpha value is -0.0900. The largest absolute Gasteiger partial charge is 0.271 e. The molecule has 78 valence electrons. The monoisotopic (exact) mass is 230 g/mol. The number of nitrogens with two attached hydrogens (primary N) is 1. The molecular formula is C10H15ClN2S. The minimum absolute atomic E-state index is 0.247. The highest BCUT2D eigenvalue weighted by atomic mass is 35.5. The van der Waals surface area contributed by atoms with Gasteiger partial charge in [0.05, 0.1) is 10.4 Å². The molecule has 0 aliphatic heterocycles. The van der Waals surface area contributed by atoms with Crippen molar-refractivity contribution < 1.29 is 0 Å². The van der Waals surface area contributed by atoms with Crippen molar-refractivity contribution in [3.05, 3.63) is 21.3 Å². The molecule has 0 radical (unpaired) electrons. The van der Waals surface area contributed by atoms with Gasteiger partial charge in [-0.1, -0.05) is 24.4 Å². The summed E-state index contributed by atoms with van der Waals surface area (Å²) >= 11 is 7.69. The molecule has 0 saturated heterocycles. The first kappa shape index (κ1) is 10.4. The zero-order valence-corrected chi connectivity index (χ0v) is 9.57. The second-order valence-corrected chi connectivity index (χ2v) is 5.36. The van der Waals surface area contributed by atoms with Crippen molar-refractivity contribution in [2.24, 2.45) is 11.8 Å². The number of rotatable bonds is 3. The maximum atomic E-state index is 6.11. The van der Waals surface area contributed by atoms with Crippen LogP contribution in [0.5, 0.6) is 0 Å². The Morgan fingerprint density at radius 2 is 2.21 bits per heavy atom. The van der Waals surface area contributed by atoms with Crippen molar-refractivity contribution in [1.82, 2.24) is 5.43 Å². The van der Waals surface area contributed by atoms with Gasteiger partial charge in [0, 0.05) is 5.56 Å². The van der Waals surface area contributed by atoms with Crippen LogP contribution in [0.25, 0.3) is 0 Å². The fourth-order valence-electron chi connectivity index (χ4n) is 2.30. The van der Waals surface area contributed by atoms with Gasteiger partial charge in [0.15, 0.2) is 0 Å². The van der Waals surface area contributed by atoms with E-state index in [2.05, 4.69) is 11.5 Å². The summed E-state index contributed by atoms with van der Waals surface area (Å²) in [5.74, 6) is 6.27. The lowest BCUT2D eigenvalue weighted by atomic mass is 9.94. The first-order chi connectivity index (χ1) is 6.83. The molecule has 1 aromatic heterocycles. The number of hydrogen-bond donors (Lipinski definition) is 2. The highest BCUT2D eigenvalue weighted by Crippen LogP contribution is 2.39. The molecule has 4 heteroatoms. The van der Waals surface area contributed by atoms with Gasteiger partial charge in [-0.05, 0) is 30.2 Å². The first-order valence-corrected chi connectivity index (χ1v) is 6.27. The van der Waals surface area contributed by atoms with E-state index in [-0.39, 0.29) is 6.04 Å². The topological polar surface area (TPSA) is 38.0 Å². The first-order valence-electron chi connectivity index (χ1n) is 5.02. The minimum Gasteiger partial charge on any atom is -0.271 e.